The van der Waals surface area contributed by atoms with Crippen LogP contribution >= 0.6 is 0 Å². The van der Waals surface area contributed by atoms with E-state index < -0.39 is 0 Å². The smallest absolute Gasteiger partial charge is 0.332 e. The lowest BCUT2D eigenvalue weighted by Crippen LogP contribution is -2.44. The molecular formula is C18H27N5O2. The van der Waals surface area contributed by atoms with E-state index in [9.17, 15) is 9.59 Å². The van der Waals surface area contributed by atoms with Crippen molar-refractivity contribution in [2.24, 2.45) is 20.0 Å². The van der Waals surface area contributed by atoms with Crippen LogP contribution in [0, 0.1) is 5.92 Å². The van der Waals surface area contributed by atoms with Gasteiger partial charge >= 0.3 is 5.69 Å². The molecule has 7 nitrogen and oxygen atoms in total. The van der Waals surface area contributed by atoms with Crippen LogP contribution < -0.4 is 16.1 Å². The zero-order valence-electron chi connectivity index (χ0n) is 15.4. The Balaban J connectivity index is 1.85. The van der Waals surface area contributed by atoms with Crippen LogP contribution in [0.2, 0.25) is 0 Å². The minimum absolute atomic E-state index is 0.246. The van der Waals surface area contributed by atoms with Crippen LogP contribution in [0.25, 0.3) is 11.2 Å². The maximum absolute atomic E-state index is 12.7. The zero-order chi connectivity index (χ0) is 17.7. The van der Waals surface area contributed by atoms with E-state index in [1.54, 1.807) is 7.05 Å². The second kappa shape index (κ2) is 6.04. The number of hydrogen-bond acceptors (Lipinski definition) is 4. The monoisotopic (exact) mass is 345 g/mol. The molecule has 0 radical (unpaired) electrons. The van der Waals surface area contributed by atoms with E-state index >= 15 is 0 Å². The standard InChI is InChI=1S/C18H27N5O2/c1-12(13-8-5-4-6-9-13)22-10-7-11-23-14-15(19-17(22)23)20(2)18(25)21(3)16(14)24/h12-13H,4-11H2,1-3H3/t12-/m0/s1. The highest BCUT2D eigenvalue weighted by atomic mass is 16.2. The Kier molecular flexibility index (Phi) is 3.96. The molecule has 25 heavy (non-hydrogen) atoms. The molecule has 7 heteroatoms. The van der Waals surface area contributed by atoms with Gasteiger partial charge in [0.1, 0.15) is 0 Å². The number of anilines is 1. The maximum atomic E-state index is 12.7. The van der Waals surface area contributed by atoms with Gasteiger partial charge in [-0.1, -0.05) is 19.3 Å². The number of hydrogen-bond donors (Lipinski definition) is 0. The Morgan fingerprint density at radius 3 is 2.44 bits per heavy atom. The third-order valence-corrected chi connectivity index (χ3v) is 6.19. The highest BCUT2D eigenvalue weighted by molar-refractivity contribution is 5.75. The van der Waals surface area contributed by atoms with Gasteiger partial charge in [0.2, 0.25) is 5.95 Å². The van der Waals surface area contributed by atoms with Crippen molar-refractivity contribution in [1.82, 2.24) is 18.7 Å². The number of rotatable bonds is 2. The Labute approximate surface area is 146 Å². The molecule has 1 atom stereocenters. The molecule has 1 saturated carbocycles. The van der Waals surface area contributed by atoms with Crippen molar-refractivity contribution in [3.05, 3.63) is 20.8 Å². The first-order valence-corrected chi connectivity index (χ1v) is 9.43. The van der Waals surface area contributed by atoms with Crippen LogP contribution in [0.4, 0.5) is 5.95 Å². The molecule has 0 spiro atoms. The van der Waals surface area contributed by atoms with Crippen molar-refractivity contribution >= 4 is 17.1 Å². The van der Waals surface area contributed by atoms with Gasteiger partial charge in [-0.2, -0.15) is 4.98 Å². The van der Waals surface area contributed by atoms with Gasteiger partial charge in [0.25, 0.3) is 5.56 Å². The summed E-state index contributed by atoms with van der Waals surface area (Å²) >= 11 is 0. The van der Waals surface area contributed by atoms with Gasteiger partial charge in [-0.25, -0.2) is 4.79 Å². The molecule has 0 aromatic carbocycles. The molecular weight excluding hydrogens is 318 g/mol. The first kappa shape index (κ1) is 16.4. The lowest BCUT2D eigenvalue weighted by molar-refractivity contribution is 0.297. The van der Waals surface area contributed by atoms with E-state index in [0.29, 0.717) is 23.1 Å². The number of aryl methyl sites for hydroxylation is 2. The van der Waals surface area contributed by atoms with Crippen molar-refractivity contribution in [1.29, 1.82) is 0 Å². The normalized spacial score (nSPS) is 20.0. The molecule has 1 fully saturated rings. The number of nitrogens with zero attached hydrogens (tertiary/aromatic N) is 5. The van der Waals surface area contributed by atoms with Gasteiger partial charge in [-0.3, -0.25) is 13.9 Å². The summed E-state index contributed by atoms with van der Waals surface area (Å²) in [5.74, 6) is 1.55. The fraction of sp³-hybridized carbons (Fsp3) is 0.722. The largest absolute Gasteiger partial charge is 0.339 e. The summed E-state index contributed by atoms with van der Waals surface area (Å²) in [6.45, 7) is 4.05. The Morgan fingerprint density at radius 2 is 1.72 bits per heavy atom. The van der Waals surface area contributed by atoms with Crippen LogP contribution in [0.1, 0.15) is 45.4 Å². The first-order chi connectivity index (χ1) is 12.0. The Morgan fingerprint density at radius 1 is 1.00 bits per heavy atom. The van der Waals surface area contributed by atoms with E-state index in [1.165, 1.54) is 48.3 Å². The quantitative estimate of drug-likeness (QED) is 0.829. The molecule has 0 bridgehead atoms. The van der Waals surface area contributed by atoms with Gasteiger partial charge in [-0.05, 0) is 32.1 Å². The molecule has 136 valence electrons. The summed E-state index contributed by atoms with van der Waals surface area (Å²) in [7, 11) is 3.23. The minimum atomic E-state index is -0.320. The second-order valence-electron chi connectivity index (χ2n) is 7.63. The van der Waals surface area contributed by atoms with Crippen LogP contribution in [-0.4, -0.2) is 31.3 Å². The lowest BCUT2D eigenvalue weighted by atomic mass is 9.84. The number of aromatic nitrogens is 4. The van der Waals surface area contributed by atoms with Crippen LogP contribution in [0.15, 0.2) is 9.59 Å². The SMILES string of the molecule is C[C@@H](C1CCCCC1)N1CCCn2c1nc1c2c(=O)n(C)c(=O)n1C. The average molecular weight is 345 g/mol. The summed E-state index contributed by atoms with van der Waals surface area (Å²) in [4.78, 5) is 32.0. The molecule has 1 aliphatic heterocycles. The van der Waals surface area contributed by atoms with Gasteiger partial charge in [0.15, 0.2) is 11.2 Å². The number of imidazole rings is 1. The molecule has 1 aliphatic carbocycles. The zero-order valence-corrected chi connectivity index (χ0v) is 15.4. The highest BCUT2D eigenvalue weighted by Crippen LogP contribution is 2.33. The highest BCUT2D eigenvalue weighted by Gasteiger charge is 2.32. The topological polar surface area (TPSA) is 65.1 Å². The molecule has 0 N–H and O–H groups in total. The summed E-state index contributed by atoms with van der Waals surface area (Å²) in [5.41, 5.74) is 0.495. The molecule has 2 aliphatic rings. The van der Waals surface area contributed by atoms with Crippen LogP contribution in [-0.2, 0) is 20.6 Å². The third kappa shape index (κ3) is 2.43. The fourth-order valence-corrected chi connectivity index (χ4v) is 4.62. The van der Waals surface area contributed by atoms with Crippen LogP contribution in [0.3, 0.4) is 0 Å². The van der Waals surface area contributed by atoms with Crippen molar-refractivity contribution in [3.8, 4) is 0 Å². The summed E-state index contributed by atoms with van der Waals surface area (Å²) in [6.07, 6.45) is 7.53. The van der Waals surface area contributed by atoms with E-state index in [2.05, 4.69) is 11.8 Å². The summed E-state index contributed by atoms with van der Waals surface area (Å²) in [6, 6.07) is 0.414. The molecule has 2 aromatic heterocycles. The van der Waals surface area contributed by atoms with E-state index in [4.69, 9.17) is 4.98 Å². The van der Waals surface area contributed by atoms with E-state index in [1.807, 2.05) is 4.57 Å². The first-order valence-electron chi connectivity index (χ1n) is 9.43. The average Bonchev–Trinajstić information content (AvgIpc) is 3.04. The van der Waals surface area contributed by atoms with Crippen LogP contribution in [0.5, 0.6) is 0 Å². The lowest BCUT2D eigenvalue weighted by Gasteiger charge is -2.39. The molecule has 3 heterocycles. The van der Waals surface area contributed by atoms with Crippen molar-refractivity contribution < 1.29 is 0 Å². The van der Waals surface area contributed by atoms with Gasteiger partial charge in [-0.15, -0.1) is 0 Å². The molecule has 0 saturated heterocycles. The molecule has 2 aromatic rings. The third-order valence-electron chi connectivity index (χ3n) is 6.19. The van der Waals surface area contributed by atoms with Gasteiger partial charge in [0, 0.05) is 33.2 Å². The predicted molar refractivity (Wildman–Crippen MR) is 98.2 cm³/mol. The summed E-state index contributed by atoms with van der Waals surface area (Å²) in [5, 5.41) is 0. The molecule has 0 amide bonds. The molecule has 4 rings (SSSR count). The fourth-order valence-electron chi connectivity index (χ4n) is 4.62. The van der Waals surface area contributed by atoms with E-state index in [0.717, 1.165) is 25.5 Å². The summed E-state index contributed by atoms with van der Waals surface area (Å²) < 4.78 is 4.70. The predicted octanol–water partition coefficient (Wildman–Crippen LogP) is 1.61. The van der Waals surface area contributed by atoms with Crippen molar-refractivity contribution in [2.75, 3.05) is 11.4 Å². The van der Waals surface area contributed by atoms with E-state index in [-0.39, 0.29) is 11.2 Å². The Bertz CT molecular complexity index is 916. The number of fused-ring (bicyclic) bond motifs is 3. The minimum Gasteiger partial charge on any atom is -0.339 e. The maximum Gasteiger partial charge on any atom is 0.332 e. The Hall–Kier alpha value is -2.05. The second-order valence-corrected chi connectivity index (χ2v) is 7.63. The molecule has 0 unspecified atom stereocenters. The van der Waals surface area contributed by atoms with Gasteiger partial charge < -0.3 is 9.47 Å². The van der Waals surface area contributed by atoms with Gasteiger partial charge in [0.05, 0.1) is 0 Å². The van der Waals surface area contributed by atoms with Crippen molar-refractivity contribution in [2.45, 2.75) is 58.0 Å². The van der Waals surface area contributed by atoms with Crippen molar-refractivity contribution in [3.63, 3.8) is 0 Å².